The molecule has 5 nitrogen and oxygen atoms in total. The number of carbonyl (C=O) groups is 1. The largest absolute Gasteiger partial charge is 0.356 e. The molecule has 1 aliphatic carbocycles. The Morgan fingerprint density at radius 2 is 1.69 bits per heavy atom. The van der Waals surface area contributed by atoms with Gasteiger partial charge in [0.1, 0.15) is 11.6 Å². The molecule has 1 aliphatic rings. The lowest BCUT2D eigenvalue weighted by molar-refractivity contribution is -0.120. The zero-order valence-electron chi connectivity index (χ0n) is 16.5. The van der Waals surface area contributed by atoms with Gasteiger partial charge in [-0.05, 0) is 48.2 Å². The number of nitrogens with zero attached hydrogens (tertiary/aromatic N) is 1. The summed E-state index contributed by atoms with van der Waals surface area (Å²) in [5.41, 5.74) is 1.60. The van der Waals surface area contributed by atoms with E-state index in [1.165, 1.54) is 18.2 Å². The van der Waals surface area contributed by atoms with Crippen molar-refractivity contribution in [3.8, 4) is 0 Å². The van der Waals surface area contributed by atoms with Crippen LogP contribution in [0.3, 0.4) is 0 Å². The van der Waals surface area contributed by atoms with Gasteiger partial charge in [0.15, 0.2) is 5.96 Å². The summed E-state index contributed by atoms with van der Waals surface area (Å²) in [6.07, 6.45) is 2.16. The summed E-state index contributed by atoms with van der Waals surface area (Å²) in [5.74, 6) is -0.0979. The SMILES string of the molecule is CN=C(NCCNC(=O)Cc1cccc(F)c1)NCC1(c2cccc(F)c2)CC1. The molecule has 0 spiro atoms. The van der Waals surface area contributed by atoms with Crippen molar-refractivity contribution in [3.05, 3.63) is 71.3 Å². The van der Waals surface area contributed by atoms with E-state index >= 15 is 0 Å². The minimum atomic E-state index is -0.349. The molecule has 154 valence electrons. The number of aliphatic imine (C=N–C) groups is 1. The summed E-state index contributed by atoms with van der Waals surface area (Å²) < 4.78 is 26.7. The van der Waals surface area contributed by atoms with Gasteiger partial charge in [0.2, 0.25) is 5.91 Å². The number of nitrogens with one attached hydrogen (secondary N) is 3. The van der Waals surface area contributed by atoms with Crippen molar-refractivity contribution >= 4 is 11.9 Å². The molecule has 1 saturated carbocycles. The first kappa shape index (κ1) is 20.8. The second-order valence-electron chi connectivity index (χ2n) is 7.30. The minimum absolute atomic E-state index is 0.0428. The summed E-state index contributed by atoms with van der Waals surface area (Å²) >= 11 is 0. The average molecular weight is 400 g/mol. The number of hydrogen-bond donors (Lipinski definition) is 3. The maximum absolute atomic E-state index is 13.5. The average Bonchev–Trinajstić information content (AvgIpc) is 3.49. The fourth-order valence-corrected chi connectivity index (χ4v) is 3.29. The highest BCUT2D eigenvalue weighted by Gasteiger charge is 2.44. The van der Waals surface area contributed by atoms with Crippen LogP contribution in [0.4, 0.5) is 8.78 Å². The number of carbonyl (C=O) groups excluding carboxylic acids is 1. The minimum Gasteiger partial charge on any atom is -0.356 e. The van der Waals surface area contributed by atoms with Gasteiger partial charge < -0.3 is 16.0 Å². The van der Waals surface area contributed by atoms with Crippen molar-refractivity contribution in [2.24, 2.45) is 4.99 Å². The number of halogens is 2. The topological polar surface area (TPSA) is 65.5 Å². The third-order valence-electron chi connectivity index (χ3n) is 5.10. The Morgan fingerprint density at radius 3 is 2.34 bits per heavy atom. The Labute approximate surface area is 169 Å². The summed E-state index contributed by atoms with van der Waals surface area (Å²) in [5, 5.41) is 9.24. The summed E-state index contributed by atoms with van der Waals surface area (Å²) in [7, 11) is 1.68. The highest BCUT2D eigenvalue weighted by molar-refractivity contribution is 5.80. The highest BCUT2D eigenvalue weighted by Crippen LogP contribution is 2.47. The maximum atomic E-state index is 13.5. The van der Waals surface area contributed by atoms with Gasteiger partial charge in [0, 0.05) is 32.1 Å². The zero-order valence-corrected chi connectivity index (χ0v) is 16.5. The van der Waals surface area contributed by atoms with E-state index < -0.39 is 0 Å². The molecule has 0 bridgehead atoms. The molecule has 0 aromatic heterocycles. The Kier molecular flexibility index (Phi) is 6.80. The molecule has 7 heteroatoms. The first-order chi connectivity index (χ1) is 14.0. The predicted octanol–water partition coefficient (Wildman–Crippen LogP) is 2.52. The van der Waals surface area contributed by atoms with Crippen molar-refractivity contribution < 1.29 is 13.6 Å². The Bertz CT molecular complexity index is 881. The van der Waals surface area contributed by atoms with E-state index in [9.17, 15) is 13.6 Å². The van der Waals surface area contributed by atoms with Crippen LogP contribution in [0.25, 0.3) is 0 Å². The van der Waals surface area contributed by atoms with Gasteiger partial charge in [0.05, 0.1) is 6.42 Å². The third-order valence-corrected chi connectivity index (χ3v) is 5.10. The van der Waals surface area contributed by atoms with E-state index in [1.807, 2.05) is 6.07 Å². The number of benzene rings is 2. The normalized spacial score (nSPS) is 14.9. The van der Waals surface area contributed by atoms with Crippen LogP contribution in [-0.4, -0.2) is 38.5 Å². The van der Waals surface area contributed by atoms with Crippen LogP contribution in [0.2, 0.25) is 0 Å². The molecular weight excluding hydrogens is 374 g/mol. The molecule has 0 saturated heterocycles. The number of amides is 1. The van der Waals surface area contributed by atoms with Crippen molar-refractivity contribution in [1.29, 1.82) is 0 Å². The van der Waals surface area contributed by atoms with Crippen LogP contribution in [0.15, 0.2) is 53.5 Å². The molecule has 1 amide bonds. The van der Waals surface area contributed by atoms with Crippen molar-refractivity contribution in [3.63, 3.8) is 0 Å². The molecule has 0 aliphatic heterocycles. The third kappa shape index (κ3) is 6.01. The zero-order chi connectivity index (χ0) is 20.7. The van der Waals surface area contributed by atoms with E-state index in [0.717, 1.165) is 18.4 Å². The fourth-order valence-electron chi connectivity index (χ4n) is 3.29. The van der Waals surface area contributed by atoms with Gasteiger partial charge in [-0.25, -0.2) is 8.78 Å². The van der Waals surface area contributed by atoms with E-state index in [0.29, 0.717) is 31.2 Å². The van der Waals surface area contributed by atoms with Crippen LogP contribution < -0.4 is 16.0 Å². The lowest BCUT2D eigenvalue weighted by Gasteiger charge is -2.19. The van der Waals surface area contributed by atoms with Crippen LogP contribution >= 0.6 is 0 Å². The van der Waals surface area contributed by atoms with Crippen LogP contribution in [0.5, 0.6) is 0 Å². The fraction of sp³-hybridized carbons (Fsp3) is 0.364. The van der Waals surface area contributed by atoms with Crippen LogP contribution in [-0.2, 0) is 16.6 Å². The molecule has 3 N–H and O–H groups in total. The molecule has 29 heavy (non-hydrogen) atoms. The smallest absolute Gasteiger partial charge is 0.224 e. The lowest BCUT2D eigenvalue weighted by Crippen LogP contribution is -2.44. The predicted molar refractivity (Wildman–Crippen MR) is 110 cm³/mol. The van der Waals surface area contributed by atoms with Gasteiger partial charge in [0.25, 0.3) is 0 Å². The van der Waals surface area contributed by atoms with Gasteiger partial charge in [-0.1, -0.05) is 24.3 Å². The Hall–Kier alpha value is -2.96. The molecule has 0 radical (unpaired) electrons. The molecule has 0 heterocycles. The quantitative estimate of drug-likeness (QED) is 0.362. The molecule has 3 rings (SSSR count). The second-order valence-corrected chi connectivity index (χ2v) is 7.30. The van der Waals surface area contributed by atoms with E-state index in [2.05, 4.69) is 20.9 Å². The highest BCUT2D eigenvalue weighted by atomic mass is 19.1. The van der Waals surface area contributed by atoms with Crippen LogP contribution in [0.1, 0.15) is 24.0 Å². The molecule has 0 atom stereocenters. The first-order valence-corrected chi connectivity index (χ1v) is 9.72. The van der Waals surface area contributed by atoms with E-state index in [-0.39, 0.29) is 29.4 Å². The lowest BCUT2D eigenvalue weighted by atomic mass is 9.96. The molecule has 2 aromatic carbocycles. The van der Waals surface area contributed by atoms with E-state index in [4.69, 9.17) is 0 Å². The Balaban J connectivity index is 1.38. The summed E-state index contributed by atoms with van der Waals surface area (Å²) in [6, 6.07) is 12.8. The molecule has 1 fully saturated rings. The van der Waals surface area contributed by atoms with Gasteiger partial charge in [-0.2, -0.15) is 0 Å². The molecular formula is C22H26F2N4O. The number of hydrogen-bond acceptors (Lipinski definition) is 2. The summed E-state index contributed by atoms with van der Waals surface area (Å²) in [4.78, 5) is 16.1. The van der Waals surface area contributed by atoms with Crippen LogP contribution in [0, 0.1) is 11.6 Å². The standard InChI is InChI=1S/C22H26F2N4O/c1-25-21(28-15-22(8-9-22)17-5-3-7-19(24)14-17)27-11-10-26-20(29)13-16-4-2-6-18(23)12-16/h2-7,12,14H,8-11,13,15H2,1H3,(H,26,29)(H2,25,27,28). The molecule has 2 aromatic rings. The number of guanidine groups is 1. The van der Waals surface area contributed by atoms with Crippen molar-refractivity contribution in [1.82, 2.24) is 16.0 Å². The molecule has 0 unspecified atom stereocenters. The van der Waals surface area contributed by atoms with Gasteiger partial charge in [-0.15, -0.1) is 0 Å². The van der Waals surface area contributed by atoms with Gasteiger partial charge >= 0.3 is 0 Å². The number of rotatable bonds is 8. The van der Waals surface area contributed by atoms with Crippen molar-refractivity contribution in [2.45, 2.75) is 24.7 Å². The monoisotopic (exact) mass is 400 g/mol. The summed E-state index contributed by atoms with van der Waals surface area (Å²) in [6.45, 7) is 1.59. The van der Waals surface area contributed by atoms with Gasteiger partial charge in [-0.3, -0.25) is 9.79 Å². The van der Waals surface area contributed by atoms with Crippen molar-refractivity contribution in [2.75, 3.05) is 26.7 Å². The maximum Gasteiger partial charge on any atom is 0.224 e. The van der Waals surface area contributed by atoms with E-state index in [1.54, 1.807) is 31.3 Å². The first-order valence-electron chi connectivity index (χ1n) is 9.72. The second kappa shape index (κ2) is 9.49. The Morgan fingerprint density at radius 1 is 1.00 bits per heavy atom.